The second kappa shape index (κ2) is 8.66. The van der Waals surface area contributed by atoms with Gasteiger partial charge in [-0.3, -0.25) is 9.52 Å². The maximum atomic E-state index is 14.2. The van der Waals surface area contributed by atoms with Gasteiger partial charge in [0.05, 0.1) is 34.9 Å². The molecular formula is C27H32N4O3S. The number of hydrogen-bond donors (Lipinski definition) is 1. The standard InChI is InChI=1S/C27H32N4O3S/c1-35(33,34)29-22-14-24(27(32)31-16-21-10-19-9-20(11-21)13-23(31)12-19)26-25(15-22)28-17-30(26)8-7-18-5-3-2-4-6-18/h2-6,14-15,17,19-21,23,29H,7-13,16H2,1H3. The third-order valence-electron chi connectivity index (χ3n) is 8.10. The molecule has 4 fully saturated rings. The Hall–Kier alpha value is -2.87. The van der Waals surface area contributed by atoms with E-state index in [-0.39, 0.29) is 11.9 Å². The first-order valence-corrected chi connectivity index (χ1v) is 14.5. The van der Waals surface area contributed by atoms with Crippen molar-refractivity contribution < 1.29 is 13.2 Å². The molecule has 35 heavy (non-hydrogen) atoms. The maximum absolute atomic E-state index is 14.2. The van der Waals surface area contributed by atoms with Crippen LogP contribution in [0.1, 0.15) is 48.0 Å². The lowest BCUT2D eigenvalue weighted by molar-refractivity contribution is 0.0634. The summed E-state index contributed by atoms with van der Waals surface area (Å²) < 4.78 is 28.6. The van der Waals surface area contributed by atoms with E-state index >= 15 is 0 Å². The molecule has 3 heterocycles. The summed E-state index contributed by atoms with van der Waals surface area (Å²) in [7, 11) is -3.48. The van der Waals surface area contributed by atoms with E-state index in [0.29, 0.717) is 29.2 Å². The van der Waals surface area contributed by atoms with Crippen molar-refractivity contribution in [3.63, 3.8) is 0 Å². The summed E-state index contributed by atoms with van der Waals surface area (Å²) in [5.74, 6) is 2.06. The van der Waals surface area contributed by atoms with Crippen LogP contribution in [0.25, 0.3) is 11.0 Å². The van der Waals surface area contributed by atoms with E-state index in [4.69, 9.17) is 0 Å². The molecule has 3 aromatic rings. The summed E-state index contributed by atoms with van der Waals surface area (Å²) >= 11 is 0. The van der Waals surface area contributed by atoms with Crippen LogP contribution in [0, 0.1) is 17.8 Å². The Balaban J connectivity index is 1.39. The zero-order valence-electron chi connectivity index (χ0n) is 20.1. The Morgan fingerprint density at radius 2 is 1.74 bits per heavy atom. The van der Waals surface area contributed by atoms with Crippen LogP contribution in [0.3, 0.4) is 0 Å². The molecule has 1 N–H and O–H groups in total. The molecular weight excluding hydrogens is 460 g/mol. The van der Waals surface area contributed by atoms with Gasteiger partial charge < -0.3 is 9.47 Å². The van der Waals surface area contributed by atoms with E-state index in [9.17, 15) is 13.2 Å². The van der Waals surface area contributed by atoms with Crippen molar-refractivity contribution in [3.8, 4) is 0 Å². The monoisotopic (exact) mass is 492 g/mol. The van der Waals surface area contributed by atoms with Crippen molar-refractivity contribution in [3.05, 3.63) is 59.9 Å². The molecule has 2 aromatic carbocycles. The first kappa shape index (κ1) is 22.6. The highest BCUT2D eigenvalue weighted by Crippen LogP contribution is 2.48. The fraction of sp³-hybridized carbons (Fsp3) is 0.481. The number of nitrogens with zero attached hydrogens (tertiary/aromatic N) is 3. The molecule has 2 aliphatic carbocycles. The van der Waals surface area contributed by atoms with E-state index in [1.54, 1.807) is 18.5 Å². The van der Waals surface area contributed by atoms with Crippen LogP contribution in [-0.2, 0) is 23.0 Å². The summed E-state index contributed by atoms with van der Waals surface area (Å²) in [4.78, 5) is 20.9. The smallest absolute Gasteiger partial charge is 0.256 e. The highest BCUT2D eigenvalue weighted by atomic mass is 32.2. The lowest BCUT2D eigenvalue weighted by Crippen LogP contribution is -2.42. The van der Waals surface area contributed by atoms with Gasteiger partial charge in [-0.2, -0.15) is 0 Å². The van der Waals surface area contributed by atoms with E-state index in [1.165, 1.54) is 24.8 Å². The van der Waals surface area contributed by atoms with Gasteiger partial charge in [0.25, 0.3) is 5.91 Å². The molecule has 0 spiro atoms. The predicted octanol–water partition coefficient (Wildman–Crippen LogP) is 4.30. The van der Waals surface area contributed by atoms with E-state index < -0.39 is 10.0 Å². The van der Waals surface area contributed by atoms with Crippen molar-refractivity contribution in [2.45, 2.75) is 51.1 Å². The molecule has 7 nitrogen and oxygen atoms in total. The normalized spacial score (nSPS) is 25.7. The van der Waals surface area contributed by atoms with Crippen molar-refractivity contribution in [2.24, 2.45) is 17.8 Å². The van der Waals surface area contributed by atoms with E-state index in [1.807, 2.05) is 22.8 Å². The summed E-state index contributed by atoms with van der Waals surface area (Å²) in [6.45, 7) is 1.50. The number of carbonyl (C=O) groups is 1. The summed E-state index contributed by atoms with van der Waals surface area (Å²) in [5.41, 5.74) is 3.57. The van der Waals surface area contributed by atoms with Gasteiger partial charge in [0.1, 0.15) is 0 Å². The van der Waals surface area contributed by atoms with Crippen LogP contribution < -0.4 is 4.72 Å². The minimum absolute atomic E-state index is 0.00631. The van der Waals surface area contributed by atoms with Crippen molar-refractivity contribution >= 4 is 32.7 Å². The number of benzene rings is 2. The van der Waals surface area contributed by atoms with Gasteiger partial charge in [0.2, 0.25) is 10.0 Å². The molecule has 2 saturated heterocycles. The number of aromatic nitrogens is 2. The Bertz CT molecular complexity index is 1350. The second-order valence-corrected chi connectivity index (χ2v) is 12.6. The highest BCUT2D eigenvalue weighted by molar-refractivity contribution is 7.92. The molecule has 0 radical (unpaired) electrons. The van der Waals surface area contributed by atoms with Gasteiger partial charge in [0, 0.05) is 19.1 Å². The lowest BCUT2D eigenvalue weighted by atomic mass is 9.68. The highest BCUT2D eigenvalue weighted by Gasteiger charge is 2.44. The van der Waals surface area contributed by atoms with Gasteiger partial charge in [0.15, 0.2) is 0 Å². The van der Waals surface area contributed by atoms with E-state index in [2.05, 4.69) is 26.7 Å². The van der Waals surface area contributed by atoms with Crippen LogP contribution in [0.4, 0.5) is 5.69 Å². The quantitative estimate of drug-likeness (QED) is 0.556. The lowest BCUT2D eigenvalue weighted by Gasteiger charge is -2.39. The number of hydrogen-bond acceptors (Lipinski definition) is 4. The Kier molecular flexibility index (Phi) is 5.59. The summed E-state index contributed by atoms with van der Waals surface area (Å²) in [6, 6.07) is 14.0. The van der Waals surface area contributed by atoms with Crippen molar-refractivity contribution in [2.75, 3.05) is 17.5 Å². The zero-order chi connectivity index (χ0) is 24.2. The first-order valence-electron chi connectivity index (χ1n) is 12.6. The second-order valence-electron chi connectivity index (χ2n) is 10.8. The van der Waals surface area contributed by atoms with Crippen molar-refractivity contribution in [1.82, 2.24) is 14.5 Å². The Morgan fingerprint density at radius 1 is 1.03 bits per heavy atom. The van der Waals surface area contributed by atoms with Gasteiger partial charge in [-0.25, -0.2) is 13.4 Å². The molecule has 4 aliphatic rings. The molecule has 2 aliphatic heterocycles. The molecule has 8 heteroatoms. The summed E-state index contributed by atoms with van der Waals surface area (Å²) in [6.07, 6.45) is 9.69. The SMILES string of the molecule is CS(=O)(=O)Nc1cc(C(=O)N2CC3CC4CC(C3)CC2C4)c2c(c1)ncn2CCc1ccccc1. The average molecular weight is 493 g/mol. The Labute approximate surface area is 206 Å². The number of nitrogens with one attached hydrogen (secondary N) is 1. The molecule has 2 atom stereocenters. The van der Waals surface area contributed by atoms with Crippen LogP contribution in [0.2, 0.25) is 0 Å². The maximum Gasteiger partial charge on any atom is 0.256 e. The number of amides is 1. The van der Waals surface area contributed by atoms with Gasteiger partial charge in [-0.15, -0.1) is 0 Å². The third-order valence-corrected chi connectivity index (χ3v) is 8.70. The molecule has 4 bridgehead atoms. The fourth-order valence-electron chi connectivity index (χ4n) is 6.90. The van der Waals surface area contributed by atoms with Crippen LogP contribution in [0.5, 0.6) is 0 Å². The molecule has 1 aromatic heterocycles. The minimum atomic E-state index is -3.48. The molecule has 184 valence electrons. The number of carbonyl (C=O) groups excluding carboxylic acids is 1. The first-order chi connectivity index (χ1) is 16.8. The third kappa shape index (κ3) is 4.56. The molecule has 7 rings (SSSR count). The average Bonchev–Trinajstić information content (AvgIpc) is 3.11. The topological polar surface area (TPSA) is 84.3 Å². The number of aryl methyl sites for hydroxylation is 2. The Morgan fingerprint density at radius 3 is 2.46 bits per heavy atom. The number of rotatable bonds is 6. The number of imidazole rings is 1. The number of fused-ring (bicyclic) bond motifs is 2. The van der Waals surface area contributed by atoms with Gasteiger partial charge in [-0.1, -0.05) is 30.3 Å². The zero-order valence-corrected chi connectivity index (χ0v) is 20.9. The predicted molar refractivity (Wildman–Crippen MR) is 137 cm³/mol. The summed E-state index contributed by atoms with van der Waals surface area (Å²) in [5, 5.41) is 0. The van der Waals surface area contributed by atoms with Gasteiger partial charge in [-0.05, 0) is 74.0 Å². The largest absolute Gasteiger partial charge is 0.335 e. The minimum Gasteiger partial charge on any atom is -0.335 e. The number of sulfonamides is 1. The molecule has 1 amide bonds. The van der Waals surface area contributed by atoms with E-state index in [0.717, 1.165) is 49.4 Å². The van der Waals surface area contributed by atoms with Crippen LogP contribution >= 0.6 is 0 Å². The molecule has 2 unspecified atom stereocenters. The molecule has 2 saturated carbocycles. The van der Waals surface area contributed by atoms with Crippen LogP contribution in [0.15, 0.2) is 48.8 Å². The van der Waals surface area contributed by atoms with Crippen molar-refractivity contribution in [1.29, 1.82) is 0 Å². The number of anilines is 1. The fourth-order valence-corrected chi connectivity index (χ4v) is 7.44. The van der Waals surface area contributed by atoms with Crippen LogP contribution in [-0.4, -0.2) is 47.6 Å². The van der Waals surface area contributed by atoms with Gasteiger partial charge >= 0.3 is 0 Å².